The number of aliphatic hydroxyl groups is 1. The van der Waals surface area contributed by atoms with Crippen molar-refractivity contribution in [1.82, 2.24) is 9.71 Å². The number of aryl methyl sites for hydroxylation is 1. The maximum absolute atomic E-state index is 11.3. The zero-order valence-corrected chi connectivity index (χ0v) is 10.1. The minimum absolute atomic E-state index is 0.0490. The standard InChI is InChI=1S/C8H14N2O3S2/c1-7-10-8(6-14-7)5-9-15(12,13)4-2-3-11/h6,9,11H,2-5H2,1H3. The first-order valence-electron chi connectivity index (χ1n) is 4.53. The summed E-state index contributed by atoms with van der Waals surface area (Å²) in [7, 11) is -3.28. The smallest absolute Gasteiger partial charge is 0.212 e. The summed E-state index contributed by atoms with van der Waals surface area (Å²) in [4.78, 5) is 4.14. The average molecular weight is 250 g/mol. The molecule has 0 radical (unpaired) electrons. The fourth-order valence-corrected chi connectivity index (χ4v) is 2.63. The van der Waals surface area contributed by atoms with Crippen molar-refractivity contribution in [3.8, 4) is 0 Å². The summed E-state index contributed by atoms with van der Waals surface area (Å²) < 4.78 is 25.1. The van der Waals surface area contributed by atoms with Crippen molar-refractivity contribution in [2.75, 3.05) is 12.4 Å². The van der Waals surface area contributed by atoms with Gasteiger partial charge in [0.1, 0.15) is 0 Å². The first-order chi connectivity index (χ1) is 7.03. The Bertz CT molecular complexity index is 400. The third kappa shape index (κ3) is 4.70. The molecule has 0 aromatic carbocycles. The van der Waals surface area contributed by atoms with E-state index in [1.807, 2.05) is 12.3 Å². The van der Waals surface area contributed by atoms with Gasteiger partial charge < -0.3 is 5.11 Å². The highest BCUT2D eigenvalue weighted by atomic mass is 32.2. The lowest BCUT2D eigenvalue weighted by Gasteiger charge is -2.03. The van der Waals surface area contributed by atoms with E-state index in [0.717, 1.165) is 10.7 Å². The Morgan fingerprint density at radius 1 is 1.60 bits per heavy atom. The molecule has 0 bridgehead atoms. The third-order valence-electron chi connectivity index (χ3n) is 1.71. The normalized spacial score (nSPS) is 11.9. The van der Waals surface area contributed by atoms with Crippen LogP contribution < -0.4 is 4.72 Å². The van der Waals surface area contributed by atoms with Crippen molar-refractivity contribution in [3.63, 3.8) is 0 Å². The summed E-state index contributed by atoms with van der Waals surface area (Å²) in [5, 5.41) is 11.3. The van der Waals surface area contributed by atoms with Crippen LogP contribution in [0.5, 0.6) is 0 Å². The highest BCUT2D eigenvalue weighted by molar-refractivity contribution is 7.89. The Morgan fingerprint density at radius 2 is 2.33 bits per heavy atom. The van der Waals surface area contributed by atoms with Gasteiger partial charge in [-0.25, -0.2) is 18.1 Å². The molecule has 0 aliphatic rings. The van der Waals surface area contributed by atoms with Crippen LogP contribution in [0.4, 0.5) is 0 Å². The molecule has 0 aliphatic heterocycles. The Labute approximate surface area is 93.2 Å². The fraction of sp³-hybridized carbons (Fsp3) is 0.625. The van der Waals surface area contributed by atoms with Crippen molar-refractivity contribution in [3.05, 3.63) is 16.1 Å². The topological polar surface area (TPSA) is 79.3 Å². The molecular weight excluding hydrogens is 236 g/mol. The summed E-state index contributed by atoms with van der Waals surface area (Å²) in [6, 6.07) is 0. The minimum atomic E-state index is -3.28. The Morgan fingerprint density at radius 3 is 2.87 bits per heavy atom. The lowest BCUT2D eigenvalue weighted by Crippen LogP contribution is -2.26. The number of nitrogens with one attached hydrogen (secondary N) is 1. The SMILES string of the molecule is Cc1nc(CNS(=O)(=O)CCCO)cs1. The predicted octanol–water partition coefficient (Wildman–Crippen LogP) is 0.253. The zero-order valence-electron chi connectivity index (χ0n) is 8.43. The molecule has 7 heteroatoms. The van der Waals surface area contributed by atoms with Crippen LogP contribution in [0.15, 0.2) is 5.38 Å². The Balaban J connectivity index is 2.42. The van der Waals surface area contributed by atoms with Gasteiger partial charge in [-0.05, 0) is 13.3 Å². The average Bonchev–Trinajstić information content (AvgIpc) is 2.59. The van der Waals surface area contributed by atoms with Crippen LogP contribution in [-0.2, 0) is 16.6 Å². The molecule has 0 fully saturated rings. The largest absolute Gasteiger partial charge is 0.396 e. The number of rotatable bonds is 6. The quantitative estimate of drug-likeness (QED) is 0.758. The molecule has 86 valence electrons. The summed E-state index contributed by atoms with van der Waals surface area (Å²) in [5.41, 5.74) is 0.727. The molecule has 0 saturated heterocycles. The summed E-state index contributed by atoms with van der Waals surface area (Å²) in [5.74, 6) is -0.0490. The molecule has 1 aromatic heterocycles. The van der Waals surface area contributed by atoms with E-state index in [1.54, 1.807) is 0 Å². The second-order valence-corrected chi connectivity index (χ2v) is 6.06. The van der Waals surface area contributed by atoms with E-state index < -0.39 is 10.0 Å². The first kappa shape index (κ1) is 12.6. The van der Waals surface area contributed by atoms with E-state index in [4.69, 9.17) is 5.11 Å². The lowest BCUT2D eigenvalue weighted by atomic mass is 10.5. The number of thiazole rings is 1. The van der Waals surface area contributed by atoms with E-state index in [0.29, 0.717) is 0 Å². The van der Waals surface area contributed by atoms with Crippen LogP contribution in [0.25, 0.3) is 0 Å². The van der Waals surface area contributed by atoms with Crippen molar-refractivity contribution in [2.45, 2.75) is 19.9 Å². The second kappa shape index (κ2) is 5.55. The maximum Gasteiger partial charge on any atom is 0.212 e. The van der Waals surface area contributed by atoms with Gasteiger partial charge in [-0.15, -0.1) is 11.3 Å². The minimum Gasteiger partial charge on any atom is -0.396 e. The number of aliphatic hydroxyl groups excluding tert-OH is 1. The molecule has 5 nitrogen and oxygen atoms in total. The van der Waals surface area contributed by atoms with Crippen molar-refractivity contribution in [2.24, 2.45) is 0 Å². The van der Waals surface area contributed by atoms with E-state index >= 15 is 0 Å². The van der Waals surface area contributed by atoms with Crippen molar-refractivity contribution < 1.29 is 13.5 Å². The molecule has 0 saturated carbocycles. The molecule has 0 amide bonds. The number of nitrogens with zero attached hydrogens (tertiary/aromatic N) is 1. The molecule has 0 spiro atoms. The second-order valence-electron chi connectivity index (χ2n) is 3.08. The van der Waals surface area contributed by atoms with Crippen LogP contribution in [0.1, 0.15) is 17.1 Å². The number of hydrogen-bond acceptors (Lipinski definition) is 5. The van der Waals surface area contributed by atoms with E-state index in [9.17, 15) is 8.42 Å². The van der Waals surface area contributed by atoms with Gasteiger partial charge in [-0.3, -0.25) is 0 Å². The van der Waals surface area contributed by atoms with Crippen LogP contribution in [-0.4, -0.2) is 30.9 Å². The van der Waals surface area contributed by atoms with Crippen molar-refractivity contribution >= 4 is 21.4 Å². The van der Waals surface area contributed by atoms with Gasteiger partial charge in [0.2, 0.25) is 10.0 Å². The molecule has 0 aliphatic carbocycles. The van der Waals surface area contributed by atoms with E-state index in [-0.39, 0.29) is 25.3 Å². The third-order valence-corrected chi connectivity index (χ3v) is 3.94. The summed E-state index contributed by atoms with van der Waals surface area (Å²) >= 11 is 1.49. The fourth-order valence-electron chi connectivity index (χ4n) is 1.00. The first-order valence-corrected chi connectivity index (χ1v) is 7.06. The summed E-state index contributed by atoms with van der Waals surface area (Å²) in [6.45, 7) is 1.98. The van der Waals surface area contributed by atoms with Crippen molar-refractivity contribution in [1.29, 1.82) is 0 Å². The van der Waals surface area contributed by atoms with Crippen LogP contribution in [0, 0.1) is 6.92 Å². The number of aromatic nitrogens is 1. The Kier molecular flexibility index (Phi) is 4.65. The van der Waals surface area contributed by atoms with Gasteiger partial charge in [0.25, 0.3) is 0 Å². The highest BCUT2D eigenvalue weighted by Gasteiger charge is 2.09. The molecule has 2 N–H and O–H groups in total. The predicted molar refractivity (Wildman–Crippen MR) is 59.2 cm³/mol. The lowest BCUT2D eigenvalue weighted by molar-refractivity contribution is 0.295. The molecule has 1 heterocycles. The molecule has 15 heavy (non-hydrogen) atoms. The van der Waals surface area contributed by atoms with E-state index in [2.05, 4.69) is 9.71 Å². The van der Waals surface area contributed by atoms with E-state index in [1.165, 1.54) is 11.3 Å². The summed E-state index contributed by atoms with van der Waals surface area (Å²) in [6.07, 6.45) is 0.255. The Hall–Kier alpha value is -0.500. The van der Waals surface area contributed by atoms with Crippen LogP contribution >= 0.6 is 11.3 Å². The van der Waals surface area contributed by atoms with Gasteiger partial charge in [0, 0.05) is 12.0 Å². The zero-order chi connectivity index (χ0) is 11.3. The number of hydrogen-bond donors (Lipinski definition) is 2. The number of sulfonamides is 1. The van der Waals surface area contributed by atoms with Gasteiger partial charge in [-0.1, -0.05) is 0 Å². The van der Waals surface area contributed by atoms with Gasteiger partial charge in [-0.2, -0.15) is 0 Å². The molecule has 1 rings (SSSR count). The molecule has 1 aromatic rings. The maximum atomic E-state index is 11.3. The highest BCUT2D eigenvalue weighted by Crippen LogP contribution is 2.07. The monoisotopic (exact) mass is 250 g/mol. The molecular formula is C8H14N2O3S2. The van der Waals surface area contributed by atoms with Crippen LogP contribution in [0.2, 0.25) is 0 Å². The van der Waals surface area contributed by atoms with Gasteiger partial charge >= 0.3 is 0 Å². The molecule has 0 unspecified atom stereocenters. The van der Waals surface area contributed by atoms with Gasteiger partial charge in [0.05, 0.1) is 23.0 Å². The van der Waals surface area contributed by atoms with Gasteiger partial charge in [0.15, 0.2) is 0 Å². The molecule has 0 atom stereocenters. The van der Waals surface area contributed by atoms with Crippen LogP contribution in [0.3, 0.4) is 0 Å².